The largest absolute Gasteiger partial charge is 0.336 e. The lowest BCUT2D eigenvalue weighted by Gasteiger charge is -2.32. The van der Waals surface area contributed by atoms with Crippen molar-refractivity contribution in [2.75, 3.05) is 26.7 Å². The molecular weight excluding hydrogens is 432 g/mol. The van der Waals surface area contributed by atoms with Gasteiger partial charge in [-0.2, -0.15) is 0 Å². The molecule has 5 nitrogen and oxygen atoms in total. The summed E-state index contributed by atoms with van der Waals surface area (Å²) in [6.45, 7) is 10.3. The fraction of sp³-hybridized carbons (Fsp3) is 0.630. The predicted octanol–water partition coefficient (Wildman–Crippen LogP) is 5.08. The zero-order valence-electron chi connectivity index (χ0n) is 21.1. The quantitative estimate of drug-likeness (QED) is 0.171. The standard InChI is InChI=1S/C27H43ClN4O/c1-6-23(29)9-11-31-12-10-24(21-7-8-25(28)20(4)16-21)26(30)17-32(5)27(33)22-14-18(2)13-19(3)15-22/h13-16,21,23-25,30-31H,6-12,17,29H2,1-5H3. The summed E-state index contributed by atoms with van der Waals surface area (Å²) in [5, 5.41) is 12.5. The third kappa shape index (κ3) is 8.55. The summed E-state index contributed by atoms with van der Waals surface area (Å²) in [7, 11) is 1.80. The van der Waals surface area contributed by atoms with Crippen molar-refractivity contribution in [3.8, 4) is 0 Å². The van der Waals surface area contributed by atoms with Gasteiger partial charge in [-0.25, -0.2) is 0 Å². The lowest BCUT2D eigenvalue weighted by Crippen LogP contribution is -2.38. The summed E-state index contributed by atoms with van der Waals surface area (Å²) < 4.78 is 0. The van der Waals surface area contributed by atoms with E-state index in [4.69, 9.17) is 22.7 Å². The topological polar surface area (TPSA) is 82.2 Å². The van der Waals surface area contributed by atoms with E-state index in [2.05, 4.69) is 31.3 Å². The van der Waals surface area contributed by atoms with Gasteiger partial charge in [0.1, 0.15) is 0 Å². The first-order valence-electron chi connectivity index (χ1n) is 12.3. The summed E-state index contributed by atoms with van der Waals surface area (Å²) in [5.41, 5.74) is 10.7. The smallest absolute Gasteiger partial charge is 0.253 e. The fourth-order valence-corrected chi connectivity index (χ4v) is 4.89. The number of carbonyl (C=O) groups excluding carboxylic acids is 1. The van der Waals surface area contributed by atoms with Crippen LogP contribution in [-0.4, -0.2) is 54.6 Å². The molecule has 4 N–H and O–H groups in total. The number of aryl methyl sites for hydroxylation is 2. The van der Waals surface area contributed by atoms with Crippen molar-refractivity contribution in [3.63, 3.8) is 0 Å². The molecule has 1 amide bonds. The summed E-state index contributed by atoms with van der Waals surface area (Å²) in [6.07, 6.45) is 7.00. The van der Waals surface area contributed by atoms with Crippen LogP contribution in [0.1, 0.15) is 67.4 Å². The van der Waals surface area contributed by atoms with E-state index in [9.17, 15) is 4.79 Å². The van der Waals surface area contributed by atoms with Gasteiger partial charge in [-0.3, -0.25) is 4.79 Å². The molecular formula is C27H43ClN4O. The maximum Gasteiger partial charge on any atom is 0.253 e. The minimum Gasteiger partial charge on any atom is -0.336 e. The van der Waals surface area contributed by atoms with Crippen molar-refractivity contribution >= 4 is 23.2 Å². The Bertz CT molecular complexity index is 817. The first-order chi connectivity index (χ1) is 15.6. The molecule has 6 heteroatoms. The Kier molecular flexibility index (Phi) is 11.1. The van der Waals surface area contributed by atoms with E-state index < -0.39 is 0 Å². The monoisotopic (exact) mass is 474 g/mol. The fourth-order valence-electron chi connectivity index (χ4n) is 4.69. The Hall–Kier alpha value is -1.69. The first kappa shape index (κ1) is 27.6. The van der Waals surface area contributed by atoms with Gasteiger partial charge in [-0.1, -0.05) is 35.8 Å². The molecule has 1 aliphatic carbocycles. The number of hydrogen-bond donors (Lipinski definition) is 3. The van der Waals surface area contributed by atoms with Crippen molar-refractivity contribution in [3.05, 3.63) is 46.5 Å². The molecule has 0 aromatic heterocycles. The number of alkyl halides is 1. The van der Waals surface area contributed by atoms with Crippen LogP contribution in [0.25, 0.3) is 0 Å². The number of allylic oxidation sites excluding steroid dienone is 2. The van der Waals surface area contributed by atoms with Gasteiger partial charge in [0.25, 0.3) is 5.91 Å². The van der Waals surface area contributed by atoms with Crippen LogP contribution in [0.4, 0.5) is 0 Å². The van der Waals surface area contributed by atoms with E-state index in [-0.39, 0.29) is 29.2 Å². The summed E-state index contributed by atoms with van der Waals surface area (Å²) in [5.74, 6) is 0.344. The van der Waals surface area contributed by atoms with E-state index in [0.717, 1.165) is 56.3 Å². The van der Waals surface area contributed by atoms with Crippen LogP contribution in [0, 0.1) is 31.1 Å². The van der Waals surface area contributed by atoms with E-state index in [1.165, 1.54) is 5.57 Å². The highest BCUT2D eigenvalue weighted by Gasteiger charge is 2.29. The number of rotatable bonds is 12. The molecule has 0 bridgehead atoms. The number of halogens is 1. The Morgan fingerprint density at radius 3 is 2.42 bits per heavy atom. The lowest BCUT2D eigenvalue weighted by atomic mass is 9.77. The average molecular weight is 475 g/mol. The molecule has 0 saturated carbocycles. The highest BCUT2D eigenvalue weighted by atomic mass is 35.5. The molecule has 1 aliphatic rings. The van der Waals surface area contributed by atoms with Crippen molar-refractivity contribution in [1.29, 1.82) is 5.41 Å². The summed E-state index contributed by atoms with van der Waals surface area (Å²) >= 11 is 6.43. The Labute approximate surface area is 205 Å². The number of nitrogens with zero attached hydrogens (tertiary/aromatic N) is 1. The number of amides is 1. The van der Waals surface area contributed by atoms with E-state index in [0.29, 0.717) is 17.8 Å². The number of benzene rings is 1. The SMILES string of the molecule is CCC(N)CCNCCC(C(=N)CN(C)C(=O)c1cc(C)cc(C)c1)C1C=C(C)C(Cl)CC1. The molecule has 1 aromatic carbocycles. The third-order valence-electron chi connectivity index (χ3n) is 6.76. The molecule has 0 heterocycles. The number of carbonyl (C=O) groups is 1. The minimum absolute atomic E-state index is 0.0341. The van der Waals surface area contributed by atoms with Gasteiger partial charge >= 0.3 is 0 Å². The van der Waals surface area contributed by atoms with Crippen LogP contribution >= 0.6 is 11.6 Å². The number of hydrogen-bond acceptors (Lipinski definition) is 4. The minimum atomic E-state index is -0.0341. The Balaban J connectivity index is 2.06. The van der Waals surface area contributed by atoms with Gasteiger partial charge in [0.05, 0.1) is 11.9 Å². The molecule has 4 unspecified atom stereocenters. The Morgan fingerprint density at radius 2 is 1.82 bits per heavy atom. The Morgan fingerprint density at radius 1 is 1.18 bits per heavy atom. The van der Waals surface area contributed by atoms with E-state index in [1.807, 2.05) is 26.0 Å². The van der Waals surface area contributed by atoms with Crippen LogP contribution in [0.3, 0.4) is 0 Å². The van der Waals surface area contributed by atoms with E-state index >= 15 is 0 Å². The summed E-state index contributed by atoms with van der Waals surface area (Å²) in [6, 6.07) is 6.15. The zero-order chi connectivity index (χ0) is 24.5. The highest BCUT2D eigenvalue weighted by molar-refractivity contribution is 6.22. The second-order valence-corrected chi connectivity index (χ2v) is 10.3. The van der Waals surface area contributed by atoms with Crippen LogP contribution in [0.5, 0.6) is 0 Å². The van der Waals surface area contributed by atoms with Gasteiger partial charge in [0, 0.05) is 30.3 Å². The lowest BCUT2D eigenvalue weighted by molar-refractivity contribution is 0.0812. The first-order valence-corrected chi connectivity index (χ1v) is 12.8. The summed E-state index contributed by atoms with van der Waals surface area (Å²) in [4.78, 5) is 14.7. The highest BCUT2D eigenvalue weighted by Crippen LogP contribution is 2.33. The second-order valence-electron chi connectivity index (χ2n) is 9.78. The molecule has 1 aromatic rings. The van der Waals surface area contributed by atoms with Crippen molar-refractivity contribution < 1.29 is 4.79 Å². The third-order valence-corrected chi connectivity index (χ3v) is 7.32. The van der Waals surface area contributed by atoms with Gasteiger partial charge in [-0.15, -0.1) is 11.6 Å². The predicted molar refractivity (Wildman–Crippen MR) is 141 cm³/mol. The van der Waals surface area contributed by atoms with Crippen LogP contribution in [0.2, 0.25) is 0 Å². The zero-order valence-corrected chi connectivity index (χ0v) is 21.8. The number of nitrogens with two attached hydrogens (primary N) is 1. The van der Waals surface area contributed by atoms with E-state index in [1.54, 1.807) is 11.9 Å². The normalized spacial score (nSPS) is 20.2. The van der Waals surface area contributed by atoms with Gasteiger partial charge in [0.2, 0.25) is 0 Å². The van der Waals surface area contributed by atoms with Crippen molar-refractivity contribution in [2.45, 2.75) is 71.2 Å². The van der Waals surface area contributed by atoms with Crippen LogP contribution in [-0.2, 0) is 0 Å². The van der Waals surface area contributed by atoms with Crippen molar-refractivity contribution in [1.82, 2.24) is 10.2 Å². The molecule has 184 valence electrons. The molecule has 0 radical (unpaired) electrons. The number of nitrogens with one attached hydrogen (secondary N) is 2. The molecule has 2 rings (SSSR count). The maximum atomic E-state index is 13.0. The molecule has 0 fully saturated rings. The molecule has 0 aliphatic heterocycles. The molecule has 0 spiro atoms. The van der Waals surface area contributed by atoms with Gasteiger partial charge in [-0.05, 0) is 84.0 Å². The molecule has 0 saturated heterocycles. The molecule has 33 heavy (non-hydrogen) atoms. The van der Waals surface area contributed by atoms with Crippen LogP contribution < -0.4 is 11.1 Å². The second kappa shape index (κ2) is 13.3. The average Bonchev–Trinajstić information content (AvgIpc) is 2.76. The molecule has 4 atom stereocenters. The van der Waals surface area contributed by atoms with Gasteiger partial charge < -0.3 is 21.4 Å². The van der Waals surface area contributed by atoms with Gasteiger partial charge in [0.15, 0.2) is 0 Å². The van der Waals surface area contributed by atoms with Crippen molar-refractivity contribution in [2.24, 2.45) is 17.6 Å². The maximum absolute atomic E-state index is 13.0. The van der Waals surface area contributed by atoms with Crippen LogP contribution in [0.15, 0.2) is 29.8 Å².